The highest BCUT2D eigenvalue weighted by molar-refractivity contribution is 6.34. The van der Waals surface area contributed by atoms with Crippen molar-refractivity contribution in [3.05, 3.63) is 83.4 Å². The lowest BCUT2D eigenvalue weighted by atomic mass is 9.71. The molecule has 0 radical (unpaired) electrons. The molecule has 4 rings (SSSR count). The Morgan fingerprint density at radius 3 is 2.00 bits per heavy atom. The first kappa shape index (κ1) is 15.3. The monoisotopic (exact) mass is 329 g/mol. The standard InChI is InChI=1S/C21H14O4/c22-18(23)12-21(17-11-5-7-13-6-1-2-8-14(13)17)19(24)15-9-3-4-10-16(15)20(21)25/h1-11H,12H2,(H,22,23)/p-1. The molecular formula is C21H13O4-. The number of ketones is 2. The van der Waals surface area contributed by atoms with Gasteiger partial charge in [0.05, 0.1) is 0 Å². The van der Waals surface area contributed by atoms with E-state index in [1.807, 2.05) is 18.2 Å². The minimum absolute atomic E-state index is 0.265. The van der Waals surface area contributed by atoms with E-state index in [1.165, 1.54) is 0 Å². The van der Waals surface area contributed by atoms with Crippen LogP contribution in [0.3, 0.4) is 0 Å². The molecule has 0 saturated heterocycles. The molecule has 0 heterocycles. The SMILES string of the molecule is O=C([O-])CC1(c2cccc3ccccc23)C(=O)c2ccccc2C1=O. The molecule has 0 atom stereocenters. The van der Waals surface area contributed by atoms with Gasteiger partial charge in [0, 0.05) is 23.5 Å². The summed E-state index contributed by atoms with van der Waals surface area (Å²) in [5.74, 6) is -2.38. The molecule has 3 aromatic carbocycles. The fourth-order valence-corrected chi connectivity index (χ4v) is 3.76. The Hall–Kier alpha value is -3.27. The van der Waals surface area contributed by atoms with Crippen molar-refractivity contribution in [1.82, 2.24) is 0 Å². The fourth-order valence-electron chi connectivity index (χ4n) is 3.76. The van der Waals surface area contributed by atoms with Crippen LogP contribution >= 0.6 is 0 Å². The molecule has 25 heavy (non-hydrogen) atoms. The van der Waals surface area contributed by atoms with E-state index in [4.69, 9.17) is 0 Å². The van der Waals surface area contributed by atoms with Crippen LogP contribution in [-0.2, 0) is 10.2 Å². The first-order chi connectivity index (χ1) is 12.1. The average molecular weight is 329 g/mol. The van der Waals surface area contributed by atoms with Gasteiger partial charge in [-0.3, -0.25) is 9.59 Å². The molecule has 3 aromatic rings. The summed E-state index contributed by atoms with van der Waals surface area (Å²) >= 11 is 0. The Balaban J connectivity index is 2.07. The second kappa shape index (κ2) is 5.38. The summed E-state index contributed by atoms with van der Waals surface area (Å²) in [6.07, 6.45) is -0.673. The Bertz CT molecular complexity index is 1010. The predicted molar refractivity (Wildman–Crippen MR) is 90.4 cm³/mol. The van der Waals surface area contributed by atoms with E-state index in [0.717, 1.165) is 5.39 Å². The number of carboxylic acids is 1. The number of carbonyl (C=O) groups is 3. The second-order valence-corrected chi connectivity index (χ2v) is 6.18. The third-order valence-electron chi connectivity index (χ3n) is 4.85. The zero-order chi connectivity index (χ0) is 17.6. The van der Waals surface area contributed by atoms with E-state index in [2.05, 4.69) is 0 Å². The summed E-state index contributed by atoms with van der Waals surface area (Å²) < 4.78 is 0. The van der Waals surface area contributed by atoms with Gasteiger partial charge in [-0.25, -0.2) is 0 Å². The van der Waals surface area contributed by atoms with E-state index < -0.39 is 29.4 Å². The molecule has 122 valence electrons. The Kier molecular flexibility index (Phi) is 3.29. The highest BCUT2D eigenvalue weighted by Crippen LogP contribution is 2.44. The van der Waals surface area contributed by atoms with Crippen molar-refractivity contribution >= 4 is 28.3 Å². The summed E-state index contributed by atoms with van der Waals surface area (Å²) in [6.45, 7) is 0. The van der Waals surface area contributed by atoms with Gasteiger partial charge in [-0.05, 0) is 16.3 Å². The molecule has 0 unspecified atom stereocenters. The van der Waals surface area contributed by atoms with Gasteiger partial charge in [-0.1, -0.05) is 66.7 Å². The number of fused-ring (bicyclic) bond motifs is 2. The van der Waals surface area contributed by atoms with Crippen LogP contribution in [0.1, 0.15) is 32.7 Å². The lowest BCUT2D eigenvalue weighted by molar-refractivity contribution is -0.306. The van der Waals surface area contributed by atoms with Gasteiger partial charge in [0.15, 0.2) is 11.6 Å². The number of carboxylic acid groups (broad SMARTS) is 1. The van der Waals surface area contributed by atoms with Gasteiger partial charge >= 0.3 is 0 Å². The second-order valence-electron chi connectivity index (χ2n) is 6.18. The summed E-state index contributed by atoms with van der Waals surface area (Å²) in [6, 6.07) is 19.0. The number of rotatable bonds is 3. The van der Waals surface area contributed by atoms with Crippen molar-refractivity contribution in [2.24, 2.45) is 0 Å². The third kappa shape index (κ3) is 2.04. The van der Waals surface area contributed by atoms with Crippen molar-refractivity contribution in [3.63, 3.8) is 0 Å². The van der Waals surface area contributed by atoms with Gasteiger partial charge in [0.25, 0.3) is 0 Å². The van der Waals surface area contributed by atoms with Gasteiger partial charge in [-0.15, -0.1) is 0 Å². The lowest BCUT2D eigenvalue weighted by Crippen LogP contribution is -2.44. The van der Waals surface area contributed by atoms with Crippen molar-refractivity contribution < 1.29 is 19.5 Å². The van der Waals surface area contributed by atoms with Crippen LogP contribution in [0, 0.1) is 0 Å². The molecule has 0 bridgehead atoms. The van der Waals surface area contributed by atoms with Gasteiger partial charge < -0.3 is 9.90 Å². The Morgan fingerprint density at radius 1 is 0.800 bits per heavy atom. The third-order valence-corrected chi connectivity index (χ3v) is 4.85. The van der Waals surface area contributed by atoms with Crippen LogP contribution in [0.5, 0.6) is 0 Å². The van der Waals surface area contributed by atoms with Crippen LogP contribution in [0.15, 0.2) is 66.7 Å². The van der Waals surface area contributed by atoms with Crippen LogP contribution in [-0.4, -0.2) is 17.5 Å². The number of benzene rings is 3. The average Bonchev–Trinajstić information content (AvgIpc) is 2.84. The number of hydrogen-bond acceptors (Lipinski definition) is 4. The first-order valence-electron chi connectivity index (χ1n) is 7.92. The van der Waals surface area contributed by atoms with E-state index in [1.54, 1.807) is 48.5 Å². The number of hydrogen-bond donors (Lipinski definition) is 0. The largest absolute Gasteiger partial charge is 0.550 e. The predicted octanol–water partition coefficient (Wildman–Crippen LogP) is 2.30. The molecule has 0 N–H and O–H groups in total. The van der Waals surface area contributed by atoms with Crippen molar-refractivity contribution in [1.29, 1.82) is 0 Å². The maximum atomic E-state index is 13.2. The smallest absolute Gasteiger partial charge is 0.182 e. The molecule has 0 spiro atoms. The Morgan fingerprint density at radius 2 is 1.36 bits per heavy atom. The molecule has 0 saturated carbocycles. The van der Waals surface area contributed by atoms with Crippen LogP contribution in [0.2, 0.25) is 0 Å². The topological polar surface area (TPSA) is 74.3 Å². The summed E-state index contributed by atoms with van der Waals surface area (Å²) in [5, 5.41) is 13.0. The zero-order valence-corrected chi connectivity index (χ0v) is 13.2. The summed E-state index contributed by atoms with van der Waals surface area (Å²) in [4.78, 5) is 37.9. The number of Topliss-reactive ketones (excluding diaryl/α,β-unsaturated/α-hetero) is 2. The highest BCUT2D eigenvalue weighted by atomic mass is 16.4. The molecule has 0 aliphatic heterocycles. The minimum Gasteiger partial charge on any atom is -0.550 e. The molecule has 1 aliphatic carbocycles. The van der Waals surface area contributed by atoms with Crippen LogP contribution < -0.4 is 5.11 Å². The summed E-state index contributed by atoms with van der Waals surface area (Å²) in [7, 11) is 0. The molecule has 0 amide bonds. The van der Waals surface area contributed by atoms with Gasteiger partial charge in [0.2, 0.25) is 0 Å². The molecule has 4 nitrogen and oxygen atoms in total. The van der Waals surface area contributed by atoms with Gasteiger partial charge in [0.1, 0.15) is 5.41 Å². The number of aliphatic carboxylic acids is 1. The lowest BCUT2D eigenvalue weighted by Gasteiger charge is -2.28. The highest BCUT2D eigenvalue weighted by Gasteiger charge is 2.54. The van der Waals surface area contributed by atoms with E-state index in [0.29, 0.717) is 10.9 Å². The quantitative estimate of drug-likeness (QED) is 0.691. The maximum Gasteiger partial charge on any atom is 0.182 e. The van der Waals surface area contributed by atoms with E-state index in [-0.39, 0.29) is 11.1 Å². The van der Waals surface area contributed by atoms with E-state index >= 15 is 0 Å². The van der Waals surface area contributed by atoms with Crippen LogP contribution in [0.25, 0.3) is 10.8 Å². The molecule has 0 aromatic heterocycles. The maximum absolute atomic E-state index is 13.2. The molecular weight excluding hydrogens is 316 g/mol. The summed E-state index contributed by atoms with van der Waals surface area (Å²) in [5.41, 5.74) is -0.826. The first-order valence-corrected chi connectivity index (χ1v) is 7.92. The van der Waals surface area contributed by atoms with Gasteiger partial charge in [-0.2, -0.15) is 0 Å². The zero-order valence-electron chi connectivity index (χ0n) is 13.2. The van der Waals surface area contributed by atoms with Crippen molar-refractivity contribution in [2.45, 2.75) is 11.8 Å². The van der Waals surface area contributed by atoms with Crippen molar-refractivity contribution in [2.75, 3.05) is 0 Å². The fraction of sp³-hybridized carbons (Fsp3) is 0.0952. The van der Waals surface area contributed by atoms with Crippen molar-refractivity contribution in [3.8, 4) is 0 Å². The molecule has 1 aliphatic rings. The van der Waals surface area contributed by atoms with Crippen LogP contribution in [0.4, 0.5) is 0 Å². The molecule has 4 heteroatoms. The Labute approximate surface area is 143 Å². The normalized spacial score (nSPS) is 15.4. The minimum atomic E-state index is -1.77. The molecule has 0 fully saturated rings. The van der Waals surface area contributed by atoms with E-state index in [9.17, 15) is 19.5 Å². The number of carbonyl (C=O) groups excluding carboxylic acids is 3.